The molecule has 0 saturated carbocycles. The molecule has 0 N–H and O–H groups in total. The largest absolute Gasteiger partial charge is 0.464 e. The van der Waals surface area contributed by atoms with Gasteiger partial charge < -0.3 is 4.74 Å². The third kappa shape index (κ3) is 2.28. The zero-order chi connectivity index (χ0) is 11.6. The summed E-state index contributed by atoms with van der Waals surface area (Å²) in [7, 11) is 1.08. The van der Waals surface area contributed by atoms with Gasteiger partial charge in [-0.25, -0.2) is 4.79 Å². The molecule has 1 aromatic heterocycles. The van der Waals surface area contributed by atoms with E-state index in [9.17, 15) is 18.0 Å². The summed E-state index contributed by atoms with van der Waals surface area (Å²) in [6, 6.07) is 0.676. The molecule has 0 aliphatic heterocycles. The van der Waals surface area contributed by atoms with Gasteiger partial charge in [-0.1, -0.05) is 0 Å². The molecule has 0 saturated heterocycles. The summed E-state index contributed by atoms with van der Waals surface area (Å²) in [5.74, 6) is -0.882. The van der Waals surface area contributed by atoms with E-state index in [1.807, 2.05) is 0 Å². The lowest BCUT2D eigenvalue weighted by molar-refractivity contribution is -0.144. The summed E-state index contributed by atoms with van der Waals surface area (Å²) < 4.78 is 42.2. The third-order valence-electron chi connectivity index (χ3n) is 1.76. The molecule has 1 rings (SSSR count). The molecule has 0 bridgehead atoms. The van der Waals surface area contributed by atoms with Crippen LogP contribution in [0.4, 0.5) is 13.2 Å². The van der Waals surface area contributed by atoms with Crippen molar-refractivity contribution >= 4 is 5.97 Å². The van der Waals surface area contributed by atoms with Crippen LogP contribution in [0.2, 0.25) is 0 Å². The summed E-state index contributed by atoms with van der Waals surface area (Å²) >= 11 is 0. The fraction of sp³-hybridized carbons (Fsp3) is 0.500. The molecule has 4 nitrogen and oxygen atoms in total. The summed E-state index contributed by atoms with van der Waals surface area (Å²) in [6.07, 6.45) is -4.52. The van der Waals surface area contributed by atoms with E-state index in [4.69, 9.17) is 0 Å². The maximum Gasteiger partial charge on any atom is 0.433 e. The molecule has 0 aromatic carbocycles. The van der Waals surface area contributed by atoms with Crippen LogP contribution >= 0.6 is 0 Å². The first-order valence-electron chi connectivity index (χ1n) is 4.13. The van der Waals surface area contributed by atoms with E-state index in [0.717, 1.165) is 7.11 Å². The van der Waals surface area contributed by atoms with Gasteiger partial charge in [-0.05, 0) is 6.92 Å². The first-order valence-corrected chi connectivity index (χ1v) is 4.13. The molecule has 84 valence electrons. The Kier molecular flexibility index (Phi) is 3.01. The minimum Gasteiger partial charge on any atom is -0.464 e. The first-order chi connectivity index (χ1) is 6.90. The number of hydrogen-bond acceptors (Lipinski definition) is 3. The van der Waals surface area contributed by atoms with Gasteiger partial charge in [-0.3, -0.25) is 4.68 Å². The van der Waals surface area contributed by atoms with E-state index in [2.05, 4.69) is 9.84 Å². The molecule has 15 heavy (non-hydrogen) atoms. The monoisotopic (exact) mass is 222 g/mol. The Morgan fingerprint density at radius 1 is 1.60 bits per heavy atom. The van der Waals surface area contributed by atoms with Crippen LogP contribution in [0.3, 0.4) is 0 Å². The Morgan fingerprint density at radius 3 is 2.53 bits per heavy atom. The van der Waals surface area contributed by atoms with Gasteiger partial charge in [0.1, 0.15) is 5.69 Å². The predicted molar refractivity (Wildman–Crippen MR) is 44.2 cm³/mol. The lowest BCUT2D eigenvalue weighted by atomic mass is 10.3. The second kappa shape index (κ2) is 3.92. The molecule has 0 radical (unpaired) electrons. The summed E-state index contributed by atoms with van der Waals surface area (Å²) in [5.41, 5.74) is -1.29. The van der Waals surface area contributed by atoms with Crippen molar-refractivity contribution in [3.05, 3.63) is 17.5 Å². The highest BCUT2D eigenvalue weighted by Gasteiger charge is 2.36. The van der Waals surface area contributed by atoms with Gasteiger partial charge in [0.25, 0.3) is 0 Å². The molecule has 0 amide bonds. The zero-order valence-corrected chi connectivity index (χ0v) is 8.13. The molecule has 0 aliphatic rings. The van der Waals surface area contributed by atoms with Gasteiger partial charge in [0.15, 0.2) is 5.69 Å². The topological polar surface area (TPSA) is 44.1 Å². The highest BCUT2D eigenvalue weighted by molar-refractivity contribution is 5.87. The molecular formula is C8H9F3N2O2. The maximum absolute atomic E-state index is 12.4. The van der Waals surface area contributed by atoms with Crippen molar-refractivity contribution in [1.82, 2.24) is 9.78 Å². The van der Waals surface area contributed by atoms with Crippen LogP contribution in [0, 0.1) is 0 Å². The van der Waals surface area contributed by atoms with Crippen molar-refractivity contribution in [2.45, 2.75) is 19.6 Å². The second-order valence-corrected chi connectivity index (χ2v) is 2.72. The molecule has 0 unspecified atom stereocenters. The van der Waals surface area contributed by atoms with Crippen molar-refractivity contribution in [2.75, 3.05) is 7.11 Å². The third-order valence-corrected chi connectivity index (χ3v) is 1.76. The minimum atomic E-state index is -4.52. The van der Waals surface area contributed by atoms with Crippen LogP contribution in [0.25, 0.3) is 0 Å². The van der Waals surface area contributed by atoms with E-state index in [0.29, 0.717) is 10.7 Å². The number of aromatic nitrogens is 2. The highest BCUT2D eigenvalue weighted by atomic mass is 19.4. The fourth-order valence-electron chi connectivity index (χ4n) is 1.09. The standard InChI is InChI=1S/C8H9F3N2O2/c1-3-13-6(8(9,10)11)4-5(12-13)7(14)15-2/h4H,3H2,1-2H3. The number of halogens is 3. The van der Waals surface area contributed by atoms with Crippen LogP contribution < -0.4 is 0 Å². The molecule has 0 aliphatic carbocycles. The number of esters is 1. The Morgan fingerprint density at radius 2 is 2.20 bits per heavy atom. The van der Waals surface area contributed by atoms with Crippen molar-refractivity contribution in [1.29, 1.82) is 0 Å². The van der Waals surface area contributed by atoms with Crippen molar-refractivity contribution in [3.63, 3.8) is 0 Å². The zero-order valence-electron chi connectivity index (χ0n) is 8.13. The van der Waals surface area contributed by atoms with Gasteiger partial charge in [0.05, 0.1) is 7.11 Å². The number of methoxy groups -OCH3 is 1. The number of carbonyl (C=O) groups is 1. The quantitative estimate of drug-likeness (QED) is 0.715. The SMILES string of the molecule is CCn1nc(C(=O)OC)cc1C(F)(F)F. The number of aryl methyl sites for hydroxylation is 1. The van der Waals surface area contributed by atoms with Crippen LogP contribution in [0.5, 0.6) is 0 Å². The number of rotatable bonds is 2. The summed E-state index contributed by atoms with van der Waals surface area (Å²) in [6.45, 7) is 1.54. The Bertz CT molecular complexity index is 370. The first kappa shape index (κ1) is 11.5. The smallest absolute Gasteiger partial charge is 0.433 e. The highest BCUT2D eigenvalue weighted by Crippen LogP contribution is 2.29. The Labute approximate surface area is 83.6 Å². The molecule has 1 aromatic rings. The lowest BCUT2D eigenvalue weighted by Gasteiger charge is -2.06. The maximum atomic E-state index is 12.4. The number of nitrogens with zero attached hydrogens (tertiary/aromatic N) is 2. The Hall–Kier alpha value is -1.53. The fourth-order valence-corrected chi connectivity index (χ4v) is 1.09. The number of ether oxygens (including phenoxy) is 1. The van der Waals surface area contributed by atoms with Crippen LogP contribution in [0.15, 0.2) is 6.07 Å². The molecule has 0 fully saturated rings. The molecular weight excluding hydrogens is 213 g/mol. The molecule has 1 heterocycles. The van der Waals surface area contributed by atoms with Crippen molar-refractivity contribution < 1.29 is 22.7 Å². The molecule has 7 heteroatoms. The van der Waals surface area contributed by atoms with Crippen LogP contribution in [-0.2, 0) is 17.5 Å². The van der Waals surface area contributed by atoms with Crippen molar-refractivity contribution in [3.8, 4) is 0 Å². The van der Waals surface area contributed by atoms with E-state index in [-0.39, 0.29) is 12.2 Å². The summed E-state index contributed by atoms with van der Waals surface area (Å²) in [4.78, 5) is 11.0. The predicted octanol–water partition coefficient (Wildman–Crippen LogP) is 1.71. The van der Waals surface area contributed by atoms with E-state index in [1.54, 1.807) is 0 Å². The normalized spacial score (nSPS) is 11.5. The number of carbonyl (C=O) groups excluding carboxylic acids is 1. The van der Waals surface area contributed by atoms with Crippen LogP contribution in [-0.4, -0.2) is 22.9 Å². The average molecular weight is 222 g/mol. The van der Waals surface area contributed by atoms with Crippen molar-refractivity contribution in [2.24, 2.45) is 0 Å². The minimum absolute atomic E-state index is 0.0336. The molecule has 0 spiro atoms. The molecule has 0 atom stereocenters. The average Bonchev–Trinajstić information content (AvgIpc) is 2.59. The van der Waals surface area contributed by atoms with Gasteiger partial charge in [-0.2, -0.15) is 18.3 Å². The lowest BCUT2D eigenvalue weighted by Crippen LogP contribution is -2.13. The second-order valence-electron chi connectivity index (χ2n) is 2.72. The van der Waals surface area contributed by atoms with E-state index >= 15 is 0 Å². The number of alkyl halides is 3. The number of hydrogen-bond donors (Lipinski definition) is 0. The Balaban J connectivity index is 3.17. The van der Waals surface area contributed by atoms with E-state index in [1.165, 1.54) is 6.92 Å². The van der Waals surface area contributed by atoms with Gasteiger partial charge >= 0.3 is 12.1 Å². The van der Waals surface area contributed by atoms with Gasteiger partial charge in [-0.15, -0.1) is 0 Å². The summed E-state index contributed by atoms with van der Waals surface area (Å²) in [5, 5.41) is 3.49. The van der Waals surface area contributed by atoms with Gasteiger partial charge in [0.2, 0.25) is 0 Å². The van der Waals surface area contributed by atoms with Crippen LogP contribution in [0.1, 0.15) is 23.1 Å². The van der Waals surface area contributed by atoms with E-state index < -0.39 is 17.8 Å². The van der Waals surface area contributed by atoms with Gasteiger partial charge in [0, 0.05) is 12.6 Å².